The van der Waals surface area contributed by atoms with Gasteiger partial charge in [-0.15, -0.1) is 0 Å². The van der Waals surface area contributed by atoms with Gasteiger partial charge in [-0.25, -0.2) is 0 Å². The van der Waals surface area contributed by atoms with Gasteiger partial charge in [-0.3, -0.25) is 4.99 Å². The average Bonchev–Trinajstić information content (AvgIpc) is 2.77. The molecule has 0 spiro atoms. The zero-order valence-electron chi connectivity index (χ0n) is 10.3. The molecular weight excluding hydrogens is 228 g/mol. The second kappa shape index (κ2) is 4.25. The molecule has 1 aromatic heterocycles. The van der Waals surface area contributed by atoms with Gasteiger partial charge in [-0.05, 0) is 12.5 Å². The number of guanidine groups is 1. The van der Waals surface area contributed by atoms with Crippen molar-refractivity contribution in [3.63, 3.8) is 0 Å². The van der Waals surface area contributed by atoms with E-state index in [9.17, 15) is 0 Å². The number of nitrogens with two attached hydrogens (primary N) is 1. The monoisotopic (exact) mass is 244 g/mol. The van der Waals surface area contributed by atoms with Crippen LogP contribution in [0.25, 0.3) is 10.9 Å². The molecule has 0 radical (unpaired) electrons. The van der Waals surface area contributed by atoms with Crippen LogP contribution in [0.15, 0.2) is 35.5 Å². The van der Waals surface area contributed by atoms with E-state index in [0.717, 1.165) is 18.5 Å². The number of benzene rings is 1. The van der Waals surface area contributed by atoms with Crippen molar-refractivity contribution in [2.45, 2.75) is 12.5 Å². The van der Waals surface area contributed by atoms with Gasteiger partial charge >= 0.3 is 0 Å². The van der Waals surface area contributed by atoms with Gasteiger partial charge in [-0.1, -0.05) is 18.2 Å². The Morgan fingerprint density at radius 3 is 3.06 bits per heavy atom. The third-order valence-electron chi connectivity index (χ3n) is 3.30. The Balaban J connectivity index is 2.09. The number of aliphatic imine (C=N–C) groups is 1. The molecule has 0 fully saturated rings. The lowest BCUT2D eigenvalue weighted by Gasteiger charge is -2.22. The van der Waals surface area contributed by atoms with Crippen LogP contribution in [0.5, 0.6) is 0 Å². The summed E-state index contributed by atoms with van der Waals surface area (Å²) in [6.45, 7) is 0.760. The summed E-state index contributed by atoms with van der Waals surface area (Å²) in [5.74, 6) is 0.514. The van der Waals surface area contributed by atoms with E-state index in [1.807, 2.05) is 24.4 Å². The molecule has 0 saturated heterocycles. The fourth-order valence-electron chi connectivity index (χ4n) is 2.45. The summed E-state index contributed by atoms with van der Waals surface area (Å²) in [6, 6.07) is 8.38. The zero-order chi connectivity index (χ0) is 12.5. The first-order valence-electron chi connectivity index (χ1n) is 6.00. The maximum atomic E-state index is 5.75. The van der Waals surface area contributed by atoms with E-state index in [0.29, 0.717) is 5.96 Å². The highest BCUT2D eigenvalue weighted by Gasteiger charge is 2.20. The van der Waals surface area contributed by atoms with Gasteiger partial charge in [0.2, 0.25) is 0 Å². The number of nitrogens with one attached hydrogen (secondary N) is 1. The predicted molar refractivity (Wildman–Crippen MR) is 71.4 cm³/mol. The lowest BCUT2D eigenvalue weighted by molar-refractivity contribution is 0.178. The van der Waals surface area contributed by atoms with Crippen molar-refractivity contribution in [3.8, 4) is 0 Å². The molecular formula is C13H16N4O. The maximum Gasteiger partial charge on any atom is 0.189 e. The summed E-state index contributed by atoms with van der Waals surface area (Å²) < 4.78 is 1.79. The molecule has 1 unspecified atom stereocenters. The molecule has 1 aromatic carbocycles. The fraction of sp³-hybridized carbons (Fsp3) is 0.308. The van der Waals surface area contributed by atoms with E-state index in [2.05, 4.69) is 16.4 Å². The van der Waals surface area contributed by atoms with Gasteiger partial charge in [-0.2, -0.15) is 4.73 Å². The predicted octanol–water partition coefficient (Wildman–Crippen LogP) is 1.05. The highest BCUT2D eigenvalue weighted by Crippen LogP contribution is 2.28. The molecule has 5 nitrogen and oxygen atoms in total. The highest BCUT2D eigenvalue weighted by atomic mass is 16.6. The minimum Gasteiger partial charge on any atom is -0.417 e. The van der Waals surface area contributed by atoms with Crippen molar-refractivity contribution in [1.82, 2.24) is 10.0 Å². The van der Waals surface area contributed by atoms with Crippen molar-refractivity contribution in [2.75, 3.05) is 13.7 Å². The topological polar surface area (TPSA) is 64.6 Å². The van der Waals surface area contributed by atoms with Crippen LogP contribution in [0.3, 0.4) is 0 Å². The first-order valence-corrected chi connectivity index (χ1v) is 6.00. The molecule has 0 bridgehead atoms. The Labute approximate surface area is 105 Å². The number of fused-ring (bicyclic) bond motifs is 1. The van der Waals surface area contributed by atoms with Crippen molar-refractivity contribution in [3.05, 3.63) is 36.0 Å². The Hall–Kier alpha value is -2.17. The number of nitrogens with zero attached hydrogens (tertiary/aromatic N) is 2. The van der Waals surface area contributed by atoms with E-state index in [-0.39, 0.29) is 6.04 Å². The zero-order valence-corrected chi connectivity index (χ0v) is 10.3. The maximum absolute atomic E-state index is 5.75. The highest BCUT2D eigenvalue weighted by molar-refractivity contribution is 5.86. The van der Waals surface area contributed by atoms with Crippen LogP contribution in [-0.2, 0) is 0 Å². The largest absolute Gasteiger partial charge is 0.417 e. The van der Waals surface area contributed by atoms with Crippen LogP contribution in [-0.4, -0.2) is 24.3 Å². The fourth-order valence-corrected chi connectivity index (χ4v) is 2.45. The first kappa shape index (κ1) is 11.0. The molecule has 1 aliphatic rings. The summed E-state index contributed by atoms with van der Waals surface area (Å²) in [5.41, 5.74) is 8.01. The summed E-state index contributed by atoms with van der Waals surface area (Å²) >= 11 is 0. The van der Waals surface area contributed by atoms with Crippen molar-refractivity contribution >= 4 is 16.9 Å². The molecule has 3 N–H and O–H groups in total. The molecule has 1 aliphatic heterocycles. The van der Waals surface area contributed by atoms with Crippen LogP contribution >= 0.6 is 0 Å². The van der Waals surface area contributed by atoms with E-state index in [1.165, 1.54) is 10.9 Å². The number of hydrogen-bond acceptors (Lipinski definition) is 4. The third-order valence-corrected chi connectivity index (χ3v) is 3.30. The number of aromatic nitrogens is 1. The van der Waals surface area contributed by atoms with Gasteiger partial charge in [0.1, 0.15) is 7.11 Å². The molecule has 0 amide bonds. The average molecular weight is 244 g/mol. The van der Waals surface area contributed by atoms with Crippen LogP contribution in [0, 0.1) is 0 Å². The Morgan fingerprint density at radius 2 is 2.28 bits per heavy atom. The Bertz CT molecular complexity index is 602. The standard InChI is InChI=1S/C13H16N4O/c1-18-17-8-10(9-4-2-3-5-12(9)17)11-6-7-15-13(14)16-11/h2-5,8,11H,6-7H2,1H3,(H3,14,15,16). The molecule has 94 valence electrons. The summed E-state index contributed by atoms with van der Waals surface area (Å²) in [7, 11) is 1.67. The SMILES string of the molecule is COn1cc(C2CCN=C(N)N2)c2ccccc21. The minimum atomic E-state index is 0.198. The summed E-state index contributed by atoms with van der Waals surface area (Å²) in [5, 5.41) is 4.41. The van der Waals surface area contributed by atoms with Gasteiger partial charge < -0.3 is 15.9 Å². The van der Waals surface area contributed by atoms with Crippen molar-refractivity contribution in [2.24, 2.45) is 10.7 Å². The van der Waals surface area contributed by atoms with Crippen LogP contribution in [0.1, 0.15) is 18.0 Å². The third kappa shape index (κ3) is 1.68. The second-order valence-corrected chi connectivity index (χ2v) is 4.36. The molecule has 2 aromatic rings. The van der Waals surface area contributed by atoms with Gasteiger partial charge in [0.15, 0.2) is 5.96 Å². The number of para-hydroxylation sites is 1. The van der Waals surface area contributed by atoms with E-state index in [4.69, 9.17) is 10.6 Å². The van der Waals surface area contributed by atoms with E-state index < -0.39 is 0 Å². The van der Waals surface area contributed by atoms with Gasteiger partial charge in [0.05, 0.1) is 17.8 Å². The second-order valence-electron chi connectivity index (χ2n) is 4.36. The van der Waals surface area contributed by atoms with Crippen LogP contribution < -0.4 is 15.9 Å². The lowest BCUT2D eigenvalue weighted by atomic mass is 10.0. The molecule has 5 heteroatoms. The molecule has 1 atom stereocenters. The normalized spacial score (nSPS) is 19.4. The molecule has 3 rings (SSSR count). The van der Waals surface area contributed by atoms with Gasteiger partial charge in [0, 0.05) is 17.5 Å². The molecule has 0 saturated carbocycles. The molecule has 0 aliphatic carbocycles. The van der Waals surface area contributed by atoms with E-state index >= 15 is 0 Å². The quantitative estimate of drug-likeness (QED) is 0.830. The number of hydrogen-bond donors (Lipinski definition) is 2. The minimum absolute atomic E-state index is 0.198. The lowest BCUT2D eigenvalue weighted by Crippen LogP contribution is -2.38. The first-order chi connectivity index (χ1) is 8.79. The van der Waals surface area contributed by atoms with Crippen molar-refractivity contribution < 1.29 is 4.84 Å². The Morgan fingerprint density at radius 1 is 1.44 bits per heavy atom. The van der Waals surface area contributed by atoms with Crippen LogP contribution in [0.2, 0.25) is 0 Å². The summed E-state index contributed by atoms with van der Waals surface area (Å²) in [6.07, 6.45) is 2.96. The molecule has 2 heterocycles. The van der Waals surface area contributed by atoms with Crippen LogP contribution in [0.4, 0.5) is 0 Å². The van der Waals surface area contributed by atoms with E-state index in [1.54, 1.807) is 11.8 Å². The Kier molecular flexibility index (Phi) is 2.59. The number of rotatable bonds is 2. The summed E-state index contributed by atoms with van der Waals surface area (Å²) in [4.78, 5) is 9.51. The van der Waals surface area contributed by atoms with Gasteiger partial charge in [0.25, 0.3) is 0 Å². The smallest absolute Gasteiger partial charge is 0.189 e. The van der Waals surface area contributed by atoms with Crippen molar-refractivity contribution in [1.29, 1.82) is 0 Å². The molecule has 18 heavy (non-hydrogen) atoms.